The summed E-state index contributed by atoms with van der Waals surface area (Å²) < 4.78 is 2.43. The van der Waals surface area contributed by atoms with Crippen molar-refractivity contribution in [3.05, 3.63) is 149 Å². The van der Waals surface area contributed by atoms with Crippen LogP contribution in [-0.4, -0.2) is 4.57 Å². The number of hydrogen-bond acceptors (Lipinski definition) is 0. The van der Waals surface area contributed by atoms with Gasteiger partial charge in [-0.05, 0) is 54.3 Å². The molecule has 32 heavy (non-hydrogen) atoms. The van der Waals surface area contributed by atoms with Crippen LogP contribution in [0.5, 0.6) is 0 Å². The number of fused-ring (bicyclic) bond motifs is 3. The van der Waals surface area contributed by atoms with Gasteiger partial charge in [0.1, 0.15) is 0 Å². The Hall–Kier alpha value is -3.84. The summed E-state index contributed by atoms with van der Waals surface area (Å²) in [4.78, 5) is 0. The van der Waals surface area contributed by atoms with Gasteiger partial charge < -0.3 is 4.57 Å². The zero-order valence-electron chi connectivity index (χ0n) is 18.4. The first-order chi connectivity index (χ1) is 15.7. The van der Waals surface area contributed by atoms with E-state index in [0.29, 0.717) is 0 Å². The number of hydrogen-bond donors (Lipinski definition) is 0. The fraction of sp³-hybridized carbons (Fsp3) is 0.0968. The largest absolute Gasteiger partial charge is 0.314 e. The molecule has 5 aromatic rings. The van der Waals surface area contributed by atoms with E-state index < -0.39 is 0 Å². The lowest BCUT2D eigenvalue weighted by Gasteiger charge is -2.33. The topological polar surface area (TPSA) is 4.93 Å². The summed E-state index contributed by atoms with van der Waals surface area (Å²) in [6, 6.07) is 42.1. The number of benzene rings is 4. The van der Waals surface area contributed by atoms with Crippen molar-refractivity contribution in [1.29, 1.82) is 0 Å². The lowest BCUT2D eigenvalue weighted by Crippen LogP contribution is -2.28. The quantitative estimate of drug-likeness (QED) is 0.285. The molecule has 1 aliphatic carbocycles. The molecule has 0 saturated heterocycles. The van der Waals surface area contributed by atoms with E-state index >= 15 is 0 Å². The Bertz CT molecular complexity index is 1370. The third-order valence-electron chi connectivity index (χ3n) is 6.85. The summed E-state index contributed by atoms with van der Waals surface area (Å²) in [6.45, 7) is 4.42. The van der Waals surface area contributed by atoms with Crippen LogP contribution in [0.3, 0.4) is 0 Å². The Balaban J connectivity index is 1.80. The average molecular weight is 412 g/mol. The summed E-state index contributed by atoms with van der Waals surface area (Å²) in [7, 11) is 0. The predicted molar refractivity (Wildman–Crippen MR) is 133 cm³/mol. The van der Waals surface area contributed by atoms with Gasteiger partial charge in [-0.3, -0.25) is 0 Å². The van der Waals surface area contributed by atoms with Crippen LogP contribution in [0, 0.1) is 13.8 Å². The Kier molecular flexibility index (Phi) is 4.19. The first kappa shape index (κ1) is 18.9. The van der Waals surface area contributed by atoms with Gasteiger partial charge in [0, 0.05) is 16.9 Å². The summed E-state index contributed by atoms with van der Waals surface area (Å²) in [5.74, 6) is 0. The summed E-state index contributed by atoms with van der Waals surface area (Å²) >= 11 is 0. The molecule has 0 fully saturated rings. The highest BCUT2D eigenvalue weighted by Crippen LogP contribution is 2.57. The summed E-state index contributed by atoms with van der Waals surface area (Å²) in [5.41, 5.74) is 11.4. The maximum Gasteiger partial charge on any atom is 0.0729 e. The van der Waals surface area contributed by atoms with Crippen LogP contribution in [0.25, 0.3) is 16.9 Å². The number of para-hydroxylation sites is 1. The first-order valence-electron chi connectivity index (χ1n) is 11.2. The normalized spacial score (nSPS) is 13.6. The third-order valence-corrected chi connectivity index (χ3v) is 6.85. The van der Waals surface area contributed by atoms with Crippen molar-refractivity contribution in [3.63, 3.8) is 0 Å². The molecule has 6 rings (SSSR count). The van der Waals surface area contributed by atoms with Crippen molar-refractivity contribution >= 4 is 0 Å². The van der Waals surface area contributed by atoms with Crippen LogP contribution in [0.4, 0.5) is 0 Å². The minimum absolute atomic E-state index is 0.343. The molecule has 0 radical (unpaired) electrons. The molecule has 1 heterocycles. The maximum absolute atomic E-state index is 2.43. The second-order valence-electron chi connectivity index (χ2n) is 8.75. The van der Waals surface area contributed by atoms with Crippen LogP contribution in [0.2, 0.25) is 0 Å². The standard InChI is InChI=1S/C31H25N/c1-22-18-19-27-28(20-22)31(24-12-6-3-7-13-24,25-14-8-4-9-15-25)29-21-23(2)32(30(27)29)26-16-10-5-11-17-26/h3-21H,1-2H3. The fourth-order valence-electron chi connectivity index (χ4n) is 5.58. The number of nitrogens with zero attached hydrogens (tertiary/aromatic N) is 1. The van der Waals surface area contributed by atoms with E-state index in [1.807, 2.05) is 0 Å². The van der Waals surface area contributed by atoms with Crippen molar-refractivity contribution < 1.29 is 0 Å². The van der Waals surface area contributed by atoms with Gasteiger partial charge in [0.2, 0.25) is 0 Å². The molecule has 0 bridgehead atoms. The Labute approximate surface area is 189 Å². The molecule has 0 aliphatic heterocycles. The van der Waals surface area contributed by atoms with Crippen molar-refractivity contribution in [1.82, 2.24) is 4.57 Å². The molecular formula is C31H25N. The molecule has 1 heteroatoms. The van der Waals surface area contributed by atoms with Crippen molar-refractivity contribution in [3.8, 4) is 16.9 Å². The molecule has 1 aromatic heterocycles. The maximum atomic E-state index is 2.43. The highest BCUT2D eigenvalue weighted by atomic mass is 15.0. The molecule has 1 nitrogen and oxygen atoms in total. The van der Waals surface area contributed by atoms with E-state index in [0.717, 1.165) is 0 Å². The molecule has 4 aromatic carbocycles. The molecule has 0 unspecified atom stereocenters. The van der Waals surface area contributed by atoms with E-state index in [1.165, 1.54) is 50.5 Å². The summed E-state index contributed by atoms with van der Waals surface area (Å²) in [5, 5.41) is 0. The Morgan fingerprint density at radius 2 is 1.12 bits per heavy atom. The van der Waals surface area contributed by atoms with Crippen LogP contribution in [0.1, 0.15) is 33.5 Å². The molecule has 0 atom stereocenters. The van der Waals surface area contributed by atoms with Gasteiger partial charge in [0.15, 0.2) is 0 Å². The SMILES string of the molecule is Cc1ccc2c(c1)C(c1ccccc1)(c1ccccc1)c1cc(C)n(-c3ccccc3)c1-2. The molecule has 0 amide bonds. The number of rotatable bonds is 3. The zero-order valence-corrected chi connectivity index (χ0v) is 18.4. The Morgan fingerprint density at radius 1 is 0.562 bits per heavy atom. The van der Waals surface area contributed by atoms with Crippen molar-refractivity contribution in [2.45, 2.75) is 19.3 Å². The van der Waals surface area contributed by atoms with E-state index in [-0.39, 0.29) is 5.41 Å². The molecule has 154 valence electrons. The predicted octanol–water partition coefficient (Wildman–Crippen LogP) is 7.46. The highest BCUT2D eigenvalue weighted by molar-refractivity contribution is 5.86. The van der Waals surface area contributed by atoms with Gasteiger partial charge in [-0.1, -0.05) is 103 Å². The van der Waals surface area contributed by atoms with E-state index in [1.54, 1.807) is 0 Å². The van der Waals surface area contributed by atoms with E-state index in [2.05, 4.69) is 134 Å². The van der Waals surface area contributed by atoms with Crippen LogP contribution in [0.15, 0.2) is 115 Å². The second-order valence-corrected chi connectivity index (χ2v) is 8.75. The average Bonchev–Trinajstić information content (AvgIpc) is 3.31. The van der Waals surface area contributed by atoms with Crippen molar-refractivity contribution in [2.24, 2.45) is 0 Å². The lowest BCUT2D eigenvalue weighted by molar-refractivity contribution is 0.768. The number of aryl methyl sites for hydroxylation is 2. The van der Waals surface area contributed by atoms with E-state index in [9.17, 15) is 0 Å². The highest BCUT2D eigenvalue weighted by Gasteiger charge is 2.48. The van der Waals surface area contributed by atoms with Gasteiger partial charge in [0.05, 0.1) is 11.1 Å². The minimum Gasteiger partial charge on any atom is -0.314 e. The molecule has 1 aliphatic rings. The molecule has 0 spiro atoms. The van der Waals surface area contributed by atoms with Gasteiger partial charge in [-0.2, -0.15) is 0 Å². The van der Waals surface area contributed by atoms with Crippen LogP contribution in [-0.2, 0) is 5.41 Å². The second kappa shape index (κ2) is 7.10. The molecule has 0 saturated carbocycles. The first-order valence-corrected chi connectivity index (χ1v) is 11.2. The number of aromatic nitrogens is 1. The molecular weight excluding hydrogens is 386 g/mol. The fourth-order valence-corrected chi connectivity index (χ4v) is 5.58. The smallest absolute Gasteiger partial charge is 0.0729 e. The van der Waals surface area contributed by atoms with Crippen LogP contribution < -0.4 is 0 Å². The van der Waals surface area contributed by atoms with Gasteiger partial charge >= 0.3 is 0 Å². The third kappa shape index (κ3) is 2.51. The van der Waals surface area contributed by atoms with Crippen molar-refractivity contribution in [2.75, 3.05) is 0 Å². The van der Waals surface area contributed by atoms with Gasteiger partial charge in [-0.15, -0.1) is 0 Å². The summed E-state index contributed by atoms with van der Waals surface area (Å²) in [6.07, 6.45) is 0. The minimum atomic E-state index is -0.343. The lowest BCUT2D eigenvalue weighted by atomic mass is 9.68. The zero-order chi connectivity index (χ0) is 21.7. The van der Waals surface area contributed by atoms with Gasteiger partial charge in [0.25, 0.3) is 0 Å². The van der Waals surface area contributed by atoms with Gasteiger partial charge in [-0.25, -0.2) is 0 Å². The molecule has 0 N–H and O–H groups in total. The Morgan fingerprint density at radius 3 is 1.72 bits per heavy atom. The van der Waals surface area contributed by atoms with E-state index in [4.69, 9.17) is 0 Å². The monoisotopic (exact) mass is 411 g/mol. The van der Waals surface area contributed by atoms with Crippen LogP contribution >= 0.6 is 0 Å².